The number of nitrogens with one attached hydrogen (secondary N) is 1. The molecule has 0 fully saturated rings. The second-order valence-corrected chi connectivity index (χ2v) is 3.79. The zero-order valence-corrected chi connectivity index (χ0v) is 9.30. The molecule has 0 aromatic carbocycles. The summed E-state index contributed by atoms with van der Waals surface area (Å²) < 4.78 is 0. The van der Waals surface area contributed by atoms with Crippen LogP contribution >= 0.6 is 11.6 Å². The van der Waals surface area contributed by atoms with Gasteiger partial charge in [0.1, 0.15) is 5.15 Å². The summed E-state index contributed by atoms with van der Waals surface area (Å²) in [6.07, 6.45) is 2.22. The van der Waals surface area contributed by atoms with E-state index in [1.165, 1.54) is 0 Å². The Morgan fingerprint density at radius 2 is 2.29 bits per heavy atom. The molecule has 1 rings (SSSR count). The number of hydrogen-bond donors (Lipinski definition) is 2. The molecule has 0 aliphatic rings. The highest BCUT2D eigenvalue weighted by molar-refractivity contribution is 6.29. The molecule has 14 heavy (non-hydrogen) atoms. The smallest absolute Gasteiger partial charge is 0.151 e. The first-order valence-corrected chi connectivity index (χ1v) is 5.19. The minimum Gasteiger partial charge on any atom is -0.396 e. The van der Waals surface area contributed by atoms with E-state index < -0.39 is 0 Å². The average molecular weight is 214 g/mol. The standard InChI is InChI=1S/C10H16ClN3/c1-3-4-7(2)13-10-8(12)5-6-9(11)14-10/h5-7H,3-4,12H2,1-2H3,(H,13,14). The summed E-state index contributed by atoms with van der Waals surface area (Å²) >= 11 is 5.77. The Bertz CT molecular complexity index is 301. The first-order chi connectivity index (χ1) is 6.63. The van der Waals surface area contributed by atoms with Crippen molar-refractivity contribution < 1.29 is 0 Å². The van der Waals surface area contributed by atoms with Gasteiger partial charge in [0.05, 0.1) is 5.69 Å². The van der Waals surface area contributed by atoms with Crippen molar-refractivity contribution in [2.45, 2.75) is 32.7 Å². The molecule has 0 bridgehead atoms. The zero-order valence-electron chi connectivity index (χ0n) is 8.55. The summed E-state index contributed by atoms with van der Waals surface area (Å²) in [7, 11) is 0. The van der Waals surface area contributed by atoms with Gasteiger partial charge in [-0.15, -0.1) is 0 Å². The molecule has 1 aromatic heterocycles. The van der Waals surface area contributed by atoms with E-state index in [1.807, 2.05) is 0 Å². The predicted octanol–water partition coefficient (Wildman–Crippen LogP) is 2.92. The van der Waals surface area contributed by atoms with Gasteiger partial charge in [0, 0.05) is 6.04 Å². The van der Waals surface area contributed by atoms with E-state index in [9.17, 15) is 0 Å². The summed E-state index contributed by atoms with van der Waals surface area (Å²) in [5.74, 6) is 0.679. The van der Waals surface area contributed by atoms with E-state index in [0.29, 0.717) is 22.7 Å². The Morgan fingerprint density at radius 1 is 1.57 bits per heavy atom. The Balaban J connectivity index is 2.70. The van der Waals surface area contributed by atoms with Crippen LogP contribution in [0.2, 0.25) is 5.15 Å². The van der Waals surface area contributed by atoms with Crippen molar-refractivity contribution in [3.63, 3.8) is 0 Å². The van der Waals surface area contributed by atoms with Gasteiger partial charge in [-0.05, 0) is 25.5 Å². The summed E-state index contributed by atoms with van der Waals surface area (Å²) in [4.78, 5) is 4.12. The maximum absolute atomic E-state index is 5.77. The lowest BCUT2D eigenvalue weighted by Crippen LogP contribution is -2.16. The van der Waals surface area contributed by atoms with Crippen LogP contribution in [-0.4, -0.2) is 11.0 Å². The summed E-state index contributed by atoms with van der Waals surface area (Å²) in [5.41, 5.74) is 6.39. The Morgan fingerprint density at radius 3 is 2.93 bits per heavy atom. The van der Waals surface area contributed by atoms with Gasteiger partial charge in [0.2, 0.25) is 0 Å². The van der Waals surface area contributed by atoms with Crippen LogP contribution in [0.15, 0.2) is 12.1 Å². The summed E-state index contributed by atoms with van der Waals surface area (Å²) in [6, 6.07) is 3.82. The van der Waals surface area contributed by atoms with Crippen molar-refractivity contribution in [2.24, 2.45) is 0 Å². The third-order valence-corrected chi connectivity index (χ3v) is 2.21. The molecule has 0 saturated heterocycles. The molecule has 1 aromatic rings. The van der Waals surface area contributed by atoms with Crippen LogP contribution in [0.3, 0.4) is 0 Å². The number of nitrogens with two attached hydrogens (primary N) is 1. The van der Waals surface area contributed by atoms with Gasteiger partial charge < -0.3 is 11.1 Å². The molecule has 78 valence electrons. The first-order valence-electron chi connectivity index (χ1n) is 4.82. The van der Waals surface area contributed by atoms with Crippen LogP contribution in [0.4, 0.5) is 11.5 Å². The third-order valence-electron chi connectivity index (χ3n) is 2.00. The van der Waals surface area contributed by atoms with Crippen LogP contribution in [0.5, 0.6) is 0 Å². The summed E-state index contributed by atoms with van der Waals surface area (Å²) in [6.45, 7) is 4.25. The fourth-order valence-corrected chi connectivity index (χ4v) is 1.45. The fourth-order valence-electron chi connectivity index (χ4n) is 1.30. The highest BCUT2D eigenvalue weighted by Gasteiger charge is 2.05. The number of nitrogen functional groups attached to an aromatic ring is 1. The number of aromatic nitrogens is 1. The van der Waals surface area contributed by atoms with Gasteiger partial charge in [-0.1, -0.05) is 24.9 Å². The van der Waals surface area contributed by atoms with Crippen LogP contribution in [-0.2, 0) is 0 Å². The normalized spacial score (nSPS) is 12.5. The van der Waals surface area contributed by atoms with E-state index in [-0.39, 0.29) is 0 Å². The Hall–Kier alpha value is -0.960. The quantitative estimate of drug-likeness (QED) is 0.757. The van der Waals surface area contributed by atoms with Gasteiger partial charge in [-0.3, -0.25) is 0 Å². The van der Waals surface area contributed by atoms with E-state index in [0.717, 1.165) is 12.8 Å². The molecule has 0 aliphatic carbocycles. The van der Waals surface area contributed by atoms with Crippen molar-refractivity contribution in [3.05, 3.63) is 17.3 Å². The van der Waals surface area contributed by atoms with E-state index in [2.05, 4.69) is 24.1 Å². The zero-order chi connectivity index (χ0) is 10.6. The fraction of sp³-hybridized carbons (Fsp3) is 0.500. The third kappa shape index (κ3) is 3.07. The van der Waals surface area contributed by atoms with Crippen LogP contribution in [0.25, 0.3) is 0 Å². The first kappa shape index (κ1) is 11.1. The van der Waals surface area contributed by atoms with Gasteiger partial charge in [0.15, 0.2) is 5.82 Å². The molecule has 0 spiro atoms. The number of anilines is 2. The molecule has 3 nitrogen and oxygen atoms in total. The molecular weight excluding hydrogens is 198 g/mol. The largest absolute Gasteiger partial charge is 0.396 e. The summed E-state index contributed by atoms with van der Waals surface area (Å²) in [5, 5.41) is 3.69. The van der Waals surface area contributed by atoms with E-state index in [1.54, 1.807) is 12.1 Å². The SMILES string of the molecule is CCCC(C)Nc1nc(Cl)ccc1N. The number of hydrogen-bond acceptors (Lipinski definition) is 3. The molecule has 1 atom stereocenters. The number of halogens is 1. The molecule has 3 N–H and O–H groups in total. The Labute approximate surface area is 89.7 Å². The van der Waals surface area contributed by atoms with Crippen LogP contribution in [0, 0.1) is 0 Å². The van der Waals surface area contributed by atoms with Crippen molar-refractivity contribution >= 4 is 23.1 Å². The molecule has 1 unspecified atom stereocenters. The molecule has 4 heteroatoms. The highest BCUT2D eigenvalue weighted by Crippen LogP contribution is 2.19. The minimum atomic E-state index is 0.369. The maximum atomic E-state index is 5.77. The lowest BCUT2D eigenvalue weighted by atomic mass is 10.2. The van der Waals surface area contributed by atoms with Crippen LogP contribution < -0.4 is 11.1 Å². The predicted molar refractivity (Wildman–Crippen MR) is 61.7 cm³/mol. The molecule has 0 saturated carbocycles. The maximum Gasteiger partial charge on any atom is 0.151 e. The number of pyridine rings is 1. The van der Waals surface area contributed by atoms with E-state index >= 15 is 0 Å². The topological polar surface area (TPSA) is 50.9 Å². The lowest BCUT2D eigenvalue weighted by Gasteiger charge is -2.14. The van der Waals surface area contributed by atoms with Gasteiger partial charge in [0.25, 0.3) is 0 Å². The lowest BCUT2D eigenvalue weighted by molar-refractivity contribution is 0.688. The number of nitrogens with zero attached hydrogens (tertiary/aromatic N) is 1. The van der Waals surface area contributed by atoms with Crippen molar-refractivity contribution in [1.82, 2.24) is 4.98 Å². The molecule has 1 heterocycles. The number of rotatable bonds is 4. The average Bonchev–Trinajstić information content (AvgIpc) is 2.12. The molecule has 0 aliphatic heterocycles. The monoisotopic (exact) mass is 213 g/mol. The second kappa shape index (κ2) is 5.05. The van der Waals surface area contributed by atoms with Gasteiger partial charge in [-0.25, -0.2) is 4.98 Å². The van der Waals surface area contributed by atoms with Crippen molar-refractivity contribution in [3.8, 4) is 0 Å². The van der Waals surface area contributed by atoms with Gasteiger partial charge >= 0.3 is 0 Å². The van der Waals surface area contributed by atoms with Crippen molar-refractivity contribution in [2.75, 3.05) is 11.1 Å². The van der Waals surface area contributed by atoms with Crippen molar-refractivity contribution in [1.29, 1.82) is 0 Å². The Kier molecular flexibility index (Phi) is 4.01. The molecule has 0 amide bonds. The van der Waals surface area contributed by atoms with Crippen LogP contribution in [0.1, 0.15) is 26.7 Å². The molecular formula is C10H16ClN3. The molecule has 0 radical (unpaired) electrons. The van der Waals surface area contributed by atoms with Gasteiger partial charge in [-0.2, -0.15) is 0 Å². The highest BCUT2D eigenvalue weighted by atomic mass is 35.5. The second-order valence-electron chi connectivity index (χ2n) is 3.41. The van der Waals surface area contributed by atoms with E-state index in [4.69, 9.17) is 17.3 Å². The minimum absolute atomic E-state index is 0.369.